The van der Waals surface area contributed by atoms with Crippen molar-refractivity contribution in [3.63, 3.8) is 0 Å². The molecule has 7 heteroatoms. The molecule has 1 aromatic rings. The largest absolute Gasteiger partial charge is 0.475 e. The third-order valence-corrected chi connectivity index (χ3v) is 4.84. The Kier molecular flexibility index (Phi) is 4.29. The summed E-state index contributed by atoms with van der Waals surface area (Å²) in [5.74, 6) is -1.30. The van der Waals surface area contributed by atoms with Crippen LogP contribution in [-0.4, -0.2) is 26.0 Å². The SMILES string of the molecule is Cc1oc(C(=O)O)cc1S(=O)(=O)NC[C@H]1CC=CCC1. The normalized spacial score (nSPS) is 19.1. The number of hydrogen-bond donors (Lipinski definition) is 2. The van der Waals surface area contributed by atoms with Gasteiger partial charge in [0.25, 0.3) is 0 Å². The van der Waals surface area contributed by atoms with Crippen LogP contribution in [0.25, 0.3) is 0 Å². The molecule has 0 spiro atoms. The number of carbonyl (C=O) groups is 1. The van der Waals surface area contributed by atoms with Crippen LogP contribution in [0.1, 0.15) is 35.6 Å². The smallest absolute Gasteiger partial charge is 0.371 e. The lowest BCUT2D eigenvalue weighted by molar-refractivity contribution is 0.0661. The summed E-state index contributed by atoms with van der Waals surface area (Å²) in [6, 6.07) is 1.04. The molecule has 1 heterocycles. The van der Waals surface area contributed by atoms with Crippen LogP contribution in [-0.2, 0) is 10.0 Å². The zero-order valence-electron chi connectivity index (χ0n) is 11.1. The minimum absolute atomic E-state index is 0.0819. The van der Waals surface area contributed by atoms with Gasteiger partial charge in [-0.05, 0) is 32.1 Å². The second-order valence-corrected chi connectivity index (χ2v) is 6.57. The maximum Gasteiger partial charge on any atom is 0.371 e. The molecule has 6 nitrogen and oxygen atoms in total. The van der Waals surface area contributed by atoms with Crippen LogP contribution in [0.5, 0.6) is 0 Å². The van der Waals surface area contributed by atoms with Gasteiger partial charge in [0.2, 0.25) is 15.8 Å². The highest BCUT2D eigenvalue weighted by atomic mass is 32.2. The highest BCUT2D eigenvalue weighted by molar-refractivity contribution is 7.89. The van der Waals surface area contributed by atoms with Crippen molar-refractivity contribution in [2.24, 2.45) is 5.92 Å². The molecule has 0 bridgehead atoms. The lowest BCUT2D eigenvalue weighted by Gasteiger charge is -2.17. The Bertz CT molecular complexity index is 629. The van der Waals surface area contributed by atoms with Crippen molar-refractivity contribution in [3.05, 3.63) is 29.7 Å². The fourth-order valence-electron chi connectivity index (χ4n) is 2.18. The van der Waals surface area contributed by atoms with Gasteiger partial charge in [0.05, 0.1) is 0 Å². The van der Waals surface area contributed by atoms with E-state index in [1.165, 1.54) is 6.92 Å². The fraction of sp³-hybridized carbons (Fsp3) is 0.462. The Morgan fingerprint density at radius 3 is 2.80 bits per heavy atom. The van der Waals surface area contributed by atoms with Crippen LogP contribution in [0.15, 0.2) is 27.5 Å². The Hall–Kier alpha value is -1.60. The first-order chi connectivity index (χ1) is 9.40. The second kappa shape index (κ2) is 5.80. The zero-order chi connectivity index (χ0) is 14.8. The van der Waals surface area contributed by atoms with Crippen LogP contribution in [0, 0.1) is 12.8 Å². The maximum absolute atomic E-state index is 12.1. The molecule has 1 aliphatic carbocycles. The molecular formula is C13H17NO5S. The fourth-order valence-corrected chi connectivity index (χ4v) is 3.48. The van der Waals surface area contributed by atoms with Gasteiger partial charge in [-0.1, -0.05) is 12.2 Å². The molecule has 1 aromatic heterocycles. The summed E-state index contributed by atoms with van der Waals surface area (Å²) in [4.78, 5) is 10.7. The molecule has 0 fully saturated rings. The number of allylic oxidation sites excluding steroid dienone is 2. The third kappa shape index (κ3) is 3.29. The first-order valence-electron chi connectivity index (χ1n) is 6.38. The van der Waals surface area contributed by atoms with Gasteiger partial charge < -0.3 is 9.52 Å². The molecule has 1 atom stereocenters. The monoisotopic (exact) mass is 299 g/mol. The van der Waals surface area contributed by atoms with Gasteiger partial charge in [0.1, 0.15) is 10.7 Å². The van der Waals surface area contributed by atoms with E-state index in [0.29, 0.717) is 6.54 Å². The van der Waals surface area contributed by atoms with Gasteiger partial charge in [-0.2, -0.15) is 0 Å². The molecule has 110 valence electrons. The average Bonchev–Trinajstić information content (AvgIpc) is 2.81. The van der Waals surface area contributed by atoms with E-state index >= 15 is 0 Å². The number of aryl methyl sites for hydroxylation is 1. The van der Waals surface area contributed by atoms with Crippen molar-refractivity contribution in [3.8, 4) is 0 Å². The highest BCUT2D eigenvalue weighted by Crippen LogP contribution is 2.21. The molecule has 0 aromatic carbocycles. The van der Waals surface area contributed by atoms with Crippen LogP contribution in [0.2, 0.25) is 0 Å². The van der Waals surface area contributed by atoms with E-state index in [1.54, 1.807) is 0 Å². The molecule has 0 unspecified atom stereocenters. The lowest BCUT2D eigenvalue weighted by atomic mass is 9.95. The highest BCUT2D eigenvalue weighted by Gasteiger charge is 2.24. The Balaban J connectivity index is 2.09. The van der Waals surface area contributed by atoms with Crippen molar-refractivity contribution in [1.82, 2.24) is 4.72 Å². The van der Waals surface area contributed by atoms with E-state index in [4.69, 9.17) is 9.52 Å². The number of furan rings is 1. The number of rotatable bonds is 5. The van der Waals surface area contributed by atoms with E-state index in [-0.39, 0.29) is 22.3 Å². The summed E-state index contributed by atoms with van der Waals surface area (Å²) in [5, 5.41) is 8.81. The summed E-state index contributed by atoms with van der Waals surface area (Å²) in [6.45, 7) is 1.78. The summed E-state index contributed by atoms with van der Waals surface area (Å²) < 4.78 is 31.7. The lowest BCUT2D eigenvalue weighted by Crippen LogP contribution is -2.30. The number of carboxylic acid groups (broad SMARTS) is 1. The molecule has 0 aliphatic heterocycles. The first-order valence-corrected chi connectivity index (χ1v) is 7.87. The molecule has 0 saturated carbocycles. The van der Waals surface area contributed by atoms with Crippen molar-refractivity contribution in [2.75, 3.05) is 6.54 Å². The van der Waals surface area contributed by atoms with Gasteiger partial charge in [-0.3, -0.25) is 0 Å². The minimum atomic E-state index is -3.73. The van der Waals surface area contributed by atoms with Crippen LogP contribution in [0.4, 0.5) is 0 Å². The predicted octanol–water partition coefficient (Wildman–Crippen LogP) is 1.92. The third-order valence-electron chi connectivity index (χ3n) is 3.31. The summed E-state index contributed by atoms with van der Waals surface area (Å²) >= 11 is 0. The van der Waals surface area contributed by atoms with E-state index in [0.717, 1.165) is 25.3 Å². The second-order valence-electron chi connectivity index (χ2n) is 4.84. The van der Waals surface area contributed by atoms with E-state index in [1.807, 2.05) is 6.08 Å². The number of aromatic carboxylic acids is 1. The van der Waals surface area contributed by atoms with Crippen molar-refractivity contribution in [2.45, 2.75) is 31.1 Å². The van der Waals surface area contributed by atoms with Crippen molar-refractivity contribution < 1.29 is 22.7 Å². The molecule has 2 N–H and O–H groups in total. The molecular weight excluding hydrogens is 282 g/mol. The Morgan fingerprint density at radius 1 is 1.50 bits per heavy atom. The minimum Gasteiger partial charge on any atom is -0.475 e. The predicted molar refractivity (Wildman–Crippen MR) is 72.1 cm³/mol. The first kappa shape index (κ1) is 14.8. The summed E-state index contributed by atoms with van der Waals surface area (Å²) in [5.41, 5.74) is 0. The Labute approximate surface area is 117 Å². The molecule has 1 aliphatic rings. The molecule has 0 saturated heterocycles. The average molecular weight is 299 g/mol. The number of nitrogens with one attached hydrogen (secondary N) is 1. The number of hydrogen-bond acceptors (Lipinski definition) is 4. The summed E-state index contributed by atoms with van der Waals surface area (Å²) in [6.07, 6.45) is 6.90. The van der Waals surface area contributed by atoms with Gasteiger partial charge in [0, 0.05) is 12.6 Å². The van der Waals surface area contributed by atoms with Crippen molar-refractivity contribution in [1.29, 1.82) is 0 Å². The van der Waals surface area contributed by atoms with Crippen LogP contribution >= 0.6 is 0 Å². The summed E-state index contributed by atoms with van der Waals surface area (Å²) in [7, 11) is -3.73. The van der Waals surface area contributed by atoms with Gasteiger partial charge in [-0.25, -0.2) is 17.9 Å². The van der Waals surface area contributed by atoms with Gasteiger partial charge in [0.15, 0.2) is 0 Å². The van der Waals surface area contributed by atoms with E-state index in [2.05, 4.69) is 10.8 Å². The van der Waals surface area contributed by atoms with Crippen LogP contribution in [0.3, 0.4) is 0 Å². The van der Waals surface area contributed by atoms with E-state index in [9.17, 15) is 13.2 Å². The van der Waals surface area contributed by atoms with E-state index < -0.39 is 16.0 Å². The molecule has 2 rings (SSSR count). The topological polar surface area (TPSA) is 96.6 Å². The quantitative estimate of drug-likeness (QED) is 0.810. The van der Waals surface area contributed by atoms with Gasteiger partial charge >= 0.3 is 5.97 Å². The molecule has 20 heavy (non-hydrogen) atoms. The zero-order valence-corrected chi connectivity index (χ0v) is 11.9. The number of sulfonamides is 1. The molecule has 0 radical (unpaired) electrons. The maximum atomic E-state index is 12.1. The van der Waals surface area contributed by atoms with Crippen molar-refractivity contribution >= 4 is 16.0 Å². The standard InChI is InChI=1S/C13H17NO5S/c1-9-12(7-11(19-9)13(15)16)20(17,18)14-8-10-5-3-2-4-6-10/h2-3,7,10,14H,4-6,8H2,1H3,(H,15,16)/t10-/m0/s1. The Morgan fingerprint density at radius 2 is 2.25 bits per heavy atom. The van der Waals surface area contributed by atoms with Gasteiger partial charge in [-0.15, -0.1) is 0 Å². The molecule has 0 amide bonds. The number of carboxylic acids is 1. The van der Waals surface area contributed by atoms with Crippen LogP contribution < -0.4 is 4.72 Å².